The number of benzene rings is 2. The molecule has 1 heterocycles. The number of amides is 1. The molecule has 0 fully saturated rings. The largest absolute Gasteiger partial charge is 0.481 e. The Kier molecular flexibility index (Phi) is 3.74. The monoisotopic (exact) mass is 307 g/mol. The molecule has 1 atom stereocenters. The van der Waals surface area contributed by atoms with Crippen molar-refractivity contribution in [1.29, 1.82) is 0 Å². The van der Waals surface area contributed by atoms with E-state index >= 15 is 0 Å². The number of nitrogens with zero attached hydrogens (tertiary/aromatic N) is 1. The molecule has 4 heteroatoms. The molecule has 0 spiro atoms. The average Bonchev–Trinajstić information content (AvgIpc) is 2.90. The first-order chi connectivity index (χ1) is 11.0. The van der Waals surface area contributed by atoms with Crippen LogP contribution >= 0.6 is 0 Å². The quantitative estimate of drug-likeness (QED) is 0.937. The average molecular weight is 307 g/mol. The van der Waals surface area contributed by atoms with Crippen molar-refractivity contribution in [1.82, 2.24) is 0 Å². The summed E-state index contributed by atoms with van der Waals surface area (Å²) in [6, 6.07) is 12.9. The highest BCUT2D eigenvalue weighted by molar-refractivity contribution is 6.10. The van der Waals surface area contributed by atoms with Gasteiger partial charge in [-0.25, -0.2) is 0 Å². The van der Waals surface area contributed by atoms with E-state index in [0.29, 0.717) is 12.1 Å². The van der Waals surface area contributed by atoms with Gasteiger partial charge in [0.15, 0.2) is 0 Å². The molecule has 116 valence electrons. The molecular formula is C19H17NO3. The van der Waals surface area contributed by atoms with Gasteiger partial charge in [0.05, 0.1) is 12.5 Å². The highest BCUT2D eigenvalue weighted by Gasteiger charge is 2.28. The fourth-order valence-electron chi connectivity index (χ4n) is 2.74. The first-order valence-corrected chi connectivity index (χ1v) is 7.41. The van der Waals surface area contributed by atoms with Gasteiger partial charge in [-0.1, -0.05) is 36.9 Å². The van der Waals surface area contributed by atoms with Crippen LogP contribution in [-0.4, -0.2) is 17.0 Å². The van der Waals surface area contributed by atoms with Crippen molar-refractivity contribution in [3.8, 4) is 0 Å². The summed E-state index contributed by atoms with van der Waals surface area (Å²) in [6.45, 7) is 5.90. The minimum absolute atomic E-state index is 0.0391. The van der Waals surface area contributed by atoms with Gasteiger partial charge < -0.3 is 10.0 Å². The predicted octanol–water partition coefficient (Wildman–Crippen LogP) is 3.68. The van der Waals surface area contributed by atoms with Crippen LogP contribution in [0.4, 0.5) is 5.69 Å². The number of aliphatic carboxylic acids is 1. The highest BCUT2D eigenvalue weighted by Crippen LogP contribution is 2.30. The summed E-state index contributed by atoms with van der Waals surface area (Å²) in [7, 11) is 0. The third-order valence-electron chi connectivity index (χ3n) is 4.25. The molecule has 0 aliphatic carbocycles. The number of hydrogen-bond acceptors (Lipinski definition) is 2. The van der Waals surface area contributed by atoms with Crippen LogP contribution in [0.5, 0.6) is 0 Å². The van der Waals surface area contributed by atoms with Gasteiger partial charge >= 0.3 is 5.97 Å². The Balaban J connectivity index is 1.88. The van der Waals surface area contributed by atoms with Crippen LogP contribution in [0.3, 0.4) is 0 Å². The summed E-state index contributed by atoms with van der Waals surface area (Å²) < 4.78 is 0. The number of carboxylic acid groups (broad SMARTS) is 1. The second-order valence-electron chi connectivity index (χ2n) is 5.66. The normalized spacial score (nSPS) is 14.5. The molecule has 1 amide bonds. The lowest BCUT2D eigenvalue weighted by Crippen LogP contribution is -2.23. The van der Waals surface area contributed by atoms with Gasteiger partial charge in [0, 0.05) is 11.3 Å². The van der Waals surface area contributed by atoms with E-state index in [0.717, 1.165) is 22.4 Å². The molecule has 0 saturated carbocycles. The van der Waals surface area contributed by atoms with E-state index in [-0.39, 0.29) is 5.91 Å². The van der Waals surface area contributed by atoms with E-state index < -0.39 is 11.9 Å². The Labute approximate surface area is 134 Å². The van der Waals surface area contributed by atoms with Crippen molar-refractivity contribution < 1.29 is 14.7 Å². The summed E-state index contributed by atoms with van der Waals surface area (Å²) in [6.07, 6.45) is 1.72. The second kappa shape index (κ2) is 5.72. The maximum Gasteiger partial charge on any atom is 0.310 e. The highest BCUT2D eigenvalue weighted by atomic mass is 16.4. The van der Waals surface area contributed by atoms with Gasteiger partial charge in [-0.05, 0) is 41.8 Å². The number of rotatable bonds is 4. The first-order valence-electron chi connectivity index (χ1n) is 7.41. The minimum Gasteiger partial charge on any atom is -0.481 e. The Morgan fingerprint density at radius 2 is 1.96 bits per heavy atom. The molecule has 23 heavy (non-hydrogen) atoms. The molecular weight excluding hydrogens is 290 g/mol. The van der Waals surface area contributed by atoms with Crippen LogP contribution in [0.15, 0.2) is 49.0 Å². The zero-order chi connectivity index (χ0) is 16.6. The van der Waals surface area contributed by atoms with Crippen molar-refractivity contribution in [2.75, 3.05) is 4.90 Å². The third-order valence-corrected chi connectivity index (χ3v) is 4.25. The van der Waals surface area contributed by atoms with Gasteiger partial charge in [-0.2, -0.15) is 0 Å². The van der Waals surface area contributed by atoms with Crippen LogP contribution in [0.25, 0.3) is 6.08 Å². The maximum absolute atomic E-state index is 12.6. The van der Waals surface area contributed by atoms with E-state index in [9.17, 15) is 9.59 Å². The molecule has 2 aromatic carbocycles. The zero-order valence-electron chi connectivity index (χ0n) is 12.8. The Hall–Kier alpha value is -2.88. The van der Waals surface area contributed by atoms with Crippen molar-refractivity contribution in [2.45, 2.75) is 19.4 Å². The standard InChI is InChI=1S/C19H17NO3/c1-3-13-4-5-15-11-20(18(21)17(15)10-13)16-8-6-14(7-9-16)12(2)19(22)23/h3-10,12H,1,11H2,2H3,(H,22,23). The minimum atomic E-state index is -0.862. The Bertz CT molecular complexity index is 793. The molecule has 1 N–H and O–H groups in total. The number of carboxylic acids is 1. The van der Waals surface area contributed by atoms with Crippen molar-refractivity contribution >= 4 is 23.6 Å². The number of hydrogen-bond donors (Lipinski definition) is 1. The van der Waals surface area contributed by atoms with Crippen LogP contribution in [-0.2, 0) is 11.3 Å². The molecule has 4 nitrogen and oxygen atoms in total. The van der Waals surface area contributed by atoms with Crippen LogP contribution in [0.2, 0.25) is 0 Å². The van der Waals surface area contributed by atoms with E-state index in [4.69, 9.17) is 5.11 Å². The van der Waals surface area contributed by atoms with Crippen LogP contribution < -0.4 is 4.90 Å². The molecule has 1 aliphatic heterocycles. The summed E-state index contributed by atoms with van der Waals surface area (Å²) in [5.74, 6) is -1.47. The second-order valence-corrected chi connectivity index (χ2v) is 5.66. The number of fused-ring (bicyclic) bond motifs is 1. The van der Waals surface area contributed by atoms with E-state index in [2.05, 4.69) is 6.58 Å². The summed E-state index contributed by atoms with van der Waals surface area (Å²) in [5.41, 5.74) is 4.10. The molecule has 0 bridgehead atoms. The fourth-order valence-corrected chi connectivity index (χ4v) is 2.74. The van der Waals surface area contributed by atoms with Crippen molar-refractivity contribution in [2.24, 2.45) is 0 Å². The molecule has 1 aliphatic rings. The molecule has 0 radical (unpaired) electrons. The van der Waals surface area contributed by atoms with Crippen LogP contribution in [0, 0.1) is 0 Å². The van der Waals surface area contributed by atoms with Crippen molar-refractivity contribution in [3.63, 3.8) is 0 Å². The summed E-state index contributed by atoms with van der Waals surface area (Å²) in [4.78, 5) is 25.3. The van der Waals surface area contributed by atoms with Gasteiger partial charge in [-0.3, -0.25) is 9.59 Å². The van der Waals surface area contributed by atoms with Crippen LogP contribution in [0.1, 0.15) is 39.9 Å². The van der Waals surface area contributed by atoms with Gasteiger partial charge in [0.1, 0.15) is 0 Å². The summed E-state index contributed by atoms with van der Waals surface area (Å²) >= 11 is 0. The lowest BCUT2D eigenvalue weighted by atomic mass is 10.0. The molecule has 1 unspecified atom stereocenters. The van der Waals surface area contributed by atoms with Gasteiger partial charge in [-0.15, -0.1) is 0 Å². The topological polar surface area (TPSA) is 57.6 Å². The molecule has 0 saturated heterocycles. The fraction of sp³-hybridized carbons (Fsp3) is 0.158. The van der Waals surface area contributed by atoms with E-state index in [1.54, 1.807) is 42.2 Å². The Morgan fingerprint density at radius 1 is 1.26 bits per heavy atom. The molecule has 3 rings (SSSR count). The van der Waals surface area contributed by atoms with E-state index in [1.165, 1.54) is 0 Å². The SMILES string of the molecule is C=Cc1ccc2c(c1)C(=O)N(c1ccc(C(C)C(=O)O)cc1)C2. The lowest BCUT2D eigenvalue weighted by molar-refractivity contribution is -0.138. The van der Waals surface area contributed by atoms with Crippen molar-refractivity contribution in [3.05, 3.63) is 71.3 Å². The molecule has 0 aromatic heterocycles. The number of carbonyl (C=O) groups is 2. The summed E-state index contributed by atoms with van der Waals surface area (Å²) in [5, 5.41) is 9.05. The maximum atomic E-state index is 12.6. The number of anilines is 1. The van der Waals surface area contributed by atoms with Gasteiger partial charge in [0.2, 0.25) is 0 Å². The Morgan fingerprint density at radius 3 is 2.57 bits per heavy atom. The van der Waals surface area contributed by atoms with Gasteiger partial charge in [0.25, 0.3) is 5.91 Å². The zero-order valence-corrected chi connectivity index (χ0v) is 12.8. The molecule has 2 aromatic rings. The van der Waals surface area contributed by atoms with E-state index in [1.807, 2.05) is 18.2 Å². The predicted molar refractivity (Wildman–Crippen MR) is 89.5 cm³/mol. The lowest BCUT2D eigenvalue weighted by Gasteiger charge is -2.16. The first kappa shape index (κ1) is 15.0. The smallest absolute Gasteiger partial charge is 0.310 e. The number of carbonyl (C=O) groups excluding carboxylic acids is 1. The third kappa shape index (κ3) is 2.63.